The van der Waals surface area contributed by atoms with Gasteiger partial charge in [0.25, 0.3) is 5.60 Å². The maximum atomic E-state index is 12.4. The van der Waals surface area contributed by atoms with E-state index in [9.17, 15) is 26.3 Å². The Balaban J connectivity index is 4.90. The maximum absolute atomic E-state index is 12.4. The zero-order valence-corrected chi connectivity index (χ0v) is 11.9. The Morgan fingerprint density at radius 1 is 0.905 bits per heavy atom. The lowest BCUT2D eigenvalue weighted by Crippen LogP contribution is -2.55. The maximum Gasteiger partial charge on any atom is 0.429 e. The van der Waals surface area contributed by atoms with E-state index in [0.29, 0.717) is 25.3 Å². The molecule has 0 saturated carbocycles. The second kappa shape index (κ2) is 7.00. The normalized spacial score (nSPS) is 15.0. The first-order chi connectivity index (χ1) is 9.27. The van der Waals surface area contributed by atoms with Crippen LogP contribution in [0.1, 0.15) is 39.5 Å². The monoisotopic (exact) mass is 322 g/mol. The van der Waals surface area contributed by atoms with E-state index >= 15 is 0 Å². The number of rotatable bonds is 7. The molecule has 21 heavy (non-hydrogen) atoms. The summed E-state index contributed by atoms with van der Waals surface area (Å²) in [7, 11) is 0. The van der Waals surface area contributed by atoms with Gasteiger partial charge in [-0.1, -0.05) is 26.3 Å². The van der Waals surface area contributed by atoms with E-state index < -0.39 is 23.4 Å². The van der Waals surface area contributed by atoms with E-state index in [-0.39, 0.29) is 19.1 Å². The smallest absolute Gasteiger partial charge is 0.396 e. The molecule has 0 atom stereocenters. The largest absolute Gasteiger partial charge is 0.429 e. The summed E-state index contributed by atoms with van der Waals surface area (Å²) >= 11 is 0. The highest BCUT2D eigenvalue weighted by molar-refractivity contribution is 5.11. The minimum absolute atomic E-state index is 0.0200. The Labute approximate surface area is 119 Å². The van der Waals surface area contributed by atoms with Crippen molar-refractivity contribution in [2.24, 2.45) is 5.41 Å². The van der Waals surface area contributed by atoms with Gasteiger partial charge >= 0.3 is 12.4 Å². The van der Waals surface area contributed by atoms with Crippen LogP contribution in [0.4, 0.5) is 26.3 Å². The molecule has 0 aromatic carbocycles. The Morgan fingerprint density at radius 3 is 1.76 bits per heavy atom. The van der Waals surface area contributed by atoms with Crippen LogP contribution in [0.25, 0.3) is 0 Å². The van der Waals surface area contributed by atoms with Gasteiger partial charge in [0, 0.05) is 6.61 Å². The summed E-state index contributed by atoms with van der Waals surface area (Å²) < 4.78 is 74.5. The Hall–Kier alpha value is -0.760. The van der Waals surface area contributed by atoms with Gasteiger partial charge in [-0.15, -0.1) is 0 Å². The number of unbranched alkanes of at least 4 members (excludes halogenated alkanes) is 1. The lowest BCUT2D eigenvalue weighted by molar-refractivity contribution is -0.347. The molecule has 0 amide bonds. The topological polar surface area (TPSA) is 40.5 Å². The van der Waals surface area contributed by atoms with Gasteiger partial charge in [-0.2, -0.15) is 26.3 Å². The highest BCUT2D eigenvalue weighted by Crippen LogP contribution is 2.44. The van der Waals surface area contributed by atoms with Crippen LogP contribution in [0.3, 0.4) is 0 Å². The summed E-state index contributed by atoms with van der Waals surface area (Å²) in [4.78, 5) is 0. The number of alkyl halides is 6. The van der Waals surface area contributed by atoms with Gasteiger partial charge in [-0.25, -0.2) is 0 Å². The van der Waals surface area contributed by atoms with Crippen LogP contribution in [0, 0.1) is 5.41 Å². The summed E-state index contributed by atoms with van der Waals surface area (Å²) in [6, 6.07) is 0. The van der Waals surface area contributed by atoms with Gasteiger partial charge in [0.1, 0.15) is 0 Å². The van der Waals surface area contributed by atoms with Crippen LogP contribution in [0.5, 0.6) is 0 Å². The van der Waals surface area contributed by atoms with Crippen molar-refractivity contribution in [3.05, 3.63) is 12.2 Å². The second-order valence-electron chi connectivity index (χ2n) is 5.71. The molecule has 0 aliphatic heterocycles. The molecule has 0 aliphatic rings. The van der Waals surface area contributed by atoms with Crippen LogP contribution in [-0.4, -0.2) is 34.8 Å². The van der Waals surface area contributed by atoms with E-state index in [1.807, 2.05) is 0 Å². The summed E-state index contributed by atoms with van der Waals surface area (Å²) in [5.74, 6) is 0. The first-order valence-corrected chi connectivity index (χ1v) is 6.41. The number of aliphatic hydroxyl groups excluding tert-OH is 1. The molecule has 0 fully saturated rings. The zero-order valence-electron chi connectivity index (χ0n) is 11.9. The molecule has 0 aromatic rings. The molecule has 0 unspecified atom stereocenters. The summed E-state index contributed by atoms with van der Waals surface area (Å²) in [6.45, 7) is 3.36. The molecule has 126 valence electrons. The van der Waals surface area contributed by atoms with Gasteiger partial charge in [0.2, 0.25) is 0 Å². The van der Waals surface area contributed by atoms with Gasteiger partial charge in [-0.05, 0) is 30.8 Å². The Bertz CT molecular complexity index is 330. The minimum atomic E-state index is -5.83. The molecule has 0 aliphatic carbocycles. The Morgan fingerprint density at radius 2 is 1.38 bits per heavy atom. The van der Waals surface area contributed by atoms with Gasteiger partial charge < -0.3 is 10.2 Å². The molecule has 0 heterocycles. The van der Waals surface area contributed by atoms with Crippen LogP contribution < -0.4 is 0 Å². The zero-order chi connectivity index (χ0) is 16.9. The highest BCUT2D eigenvalue weighted by Gasteiger charge is 2.68. The van der Waals surface area contributed by atoms with E-state index in [2.05, 4.69) is 0 Å². The van der Waals surface area contributed by atoms with Crippen molar-refractivity contribution in [1.82, 2.24) is 0 Å². The molecule has 0 rings (SSSR count). The molecule has 0 saturated heterocycles. The predicted octanol–water partition coefficient (Wildman–Crippen LogP) is 3.98. The van der Waals surface area contributed by atoms with Crippen molar-refractivity contribution in [3.63, 3.8) is 0 Å². The van der Waals surface area contributed by atoms with Crippen LogP contribution in [0.15, 0.2) is 12.2 Å². The summed E-state index contributed by atoms with van der Waals surface area (Å²) in [5.41, 5.74) is -5.36. The lowest BCUT2D eigenvalue weighted by atomic mass is 9.83. The van der Waals surface area contributed by atoms with Crippen molar-refractivity contribution in [2.75, 3.05) is 6.61 Å². The molecule has 2 nitrogen and oxygen atoms in total. The molecule has 2 N–H and O–H groups in total. The molecule has 0 radical (unpaired) electrons. The number of allylic oxidation sites excluding steroid dienone is 1. The highest BCUT2D eigenvalue weighted by atomic mass is 19.4. The molecular formula is C13H20F6O2. The van der Waals surface area contributed by atoms with Crippen LogP contribution in [-0.2, 0) is 0 Å². The average molecular weight is 322 g/mol. The van der Waals surface area contributed by atoms with Crippen LogP contribution in [0.2, 0.25) is 0 Å². The third-order valence-corrected chi connectivity index (χ3v) is 3.16. The molecule has 0 bridgehead atoms. The van der Waals surface area contributed by atoms with Gasteiger partial charge in [0.05, 0.1) is 0 Å². The fourth-order valence-corrected chi connectivity index (χ4v) is 1.72. The standard InChI is InChI=1S/C13H20F6O2/c1-10(2,6-3-4-9-20)7-5-8-11(21,12(14,15)16)13(17,18)19/h5,8,20-21H,3-4,6-7,9H2,1-2H3/b8-5+. The van der Waals surface area contributed by atoms with Gasteiger partial charge in [0.15, 0.2) is 0 Å². The average Bonchev–Trinajstić information content (AvgIpc) is 2.25. The summed E-state index contributed by atoms with van der Waals surface area (Å²) in [6.07, 6.45) is -9.57. The van der Waals surface area contributed by atoms with E-state index in [0.717, 1.165) is 0 Å². The number of halogens is 6. The van der Waals surface area contributed by atoms with Crippen molar-refractivity contribution >= 4 is 0 Å². The predicted molar refractivity (Wildman–Crippen MR) is 65.5 cm³/mol. The number of hydrogen-bond acceptors (Lipinski definition) is 2. The molecule has 0 spiro atoms. The van der Waals surface area contributed by atoms with Crippen molar-refractivity contribution in [3.8, 4) is 0 Å². The first-order valence-electron chi connectivity index (χ1n) is 6.41. The Kier molecular flexibility index (Phi) is 6.75. The quantitative estimate of drug-likeness (QED) is 0.423. The van der Waals surface area contributed by atoms with Crippen molar-refractivity contribution in [2.45, 2.75) is 57.5 Å². The molecule has 0 aromatic heterocycles. The fourth-order valence-electron chi connectivity index (χ4n) is 1.72. The third-order valence-electron chi connectivity index (χ3n) is 3.16. The van der Waals surface area contributed by atoms with Gasteiger partial charge in [-0.3, -0.25) is 0 Å². The van der Waals surface area contributed by atoms with Crippen LogP contribution >= 0.6 is 0 Å². The lowest BCUT2D eigenvalue weighted by Gasteiger charge is -2.30. The van der Waals surface area contributed by atoms with E-state index in [1.54, 1.807) is 13.8 Å². The van der Waals surface area contributed by atoms with E-state index in [1.165, 1.54) is 0 Å². The number of hydrogen-bond donors (Lipinski definition) is 2. The fraction of sp³-hybridized carbons (Fsp3) is 0.846. The number of aliphatic hydroxyl groups is 2. The third kappa shape index (κ3) is 5.86. The van der Waals surface area contributed by atoms with Crippen molar-refractivity contribution < 1.29 is 36.6 Å². The van der Waals surface area contributed by atoms with Crippen molar-refractivity contribution in [1.29, 1.82) is 0 Å². The second-order valence-corrected chi connectivity index (χ2v) is 5.71. The molecule has 8 heteroatoms. The minimum Gasteiger partial charge on any atom is -0.396 e. The summed E-state index contributed by atoms with van der Waals surface area (Å²) in [5, 5.41) is 17.6. The first kappa shape index (κ1) is 20.2. The molecular weight excluding hydrogens is 302 g/mol. The SMILES string of the molecule is CC(C)(C/C=C/C(O)(C(F)(F)F)C(F)(F)F)CCCCO. The van der Waals surface area contributed by atoms with E-state index in [4.69, 9.17) is 10.2 Å².